The summed E-state index contributed by atoms with van der Waals surface area (Å²) in [5, 5.41) is 14.6. The highest BCUT2D eigenvalue weighted by molar-refractivity contribution is 6.03. The van der Waals surface area contributed by atoms with Gasteiger partial charge in [0.2, 0.25) is 5.91 Å². The monoisotopic (exact) mass is 405 g/mol. The Kier molecular flexibility index (Phi) is 5.78. The summed E-state index contributed by atoms with van der Waals surface area (Å²) >= 11 is 0. The van der Waals surface area contributed by atoms with Crippen LogP contribution in [0.4, 0.5) is 11.4 Å². The Morgan fingerprint density at radius 2 is 1.60 bits per heavy atom. The van der Waals surface area contributed by atoms with E-state index >= 15 is 0 Å². The van der Waals surface area contributed by atoms with Crippen molar-refractivity contribution < 1.29 is 19.2 Å². The molecule has 152 valence electrons. The van der Waals surface area contributed by atoms with Crippen molar-refractivity contribution in [1.29, 1.82) is 0 Å². The van der Waals surface area contributed by atoms with Gasteiger partial charge in [-0.2, -0.15) is 0 Å². The number of nitro groups is 1. The van der Waals surface area contributed by atoms with Crippen molar-refractivity contribution in [2.75, 3.05) is 19.5 Å². The minimum absolute atomic E-state index is 0.0773. The Balaban J connectivity index is 2.21. The van der Waals surface area contributed by atoms with Gasteiger partial charge in [0.1, 0.15) is 5.69 Å². The first kappa shape index (κ1) is 20.5. The predicted molar refractivity (Wildman–Crippen MR) is 113 cm³/mol. The third kappa shape index (κ3) is 3.70. The number of nitrogens with zero attached hydrogens (tertiary/aromatic N) is 1. The van der Waals surface area contributed by atoms with Crippen LogP contribution in [-0.4, -0.2) is 31.0 Å². The van der Waals surface area contributed by atoms with Gasteiger partial charge in [-0.25, -0.2) is 4.79 Å². The summed E-state index contributed by atoms with van der Waals surface area (Å²) in [7, 11) is 2.78. The predicted octanol–water partition coefficient (Wildman–Crippen LogP) is 3.86. The van der Waals surface area contributed by atoms with Gasteiger partial charge < -0.3 is 15.8 Å². The molecule has 3 N–H and O–H groups in total. The van der Waals surface area contributed by atoms with Gasteiger partial charge in [0, 0.05) is 12.6 Å². The number of primary amides is 1. The Morgan fingerprint density at radius 3 is 2.17 bits per heavy atom. The number of ether oxygens (including phenoxy) is 1. The zero-order chi connectivity index (χ0) is 21.8. The van der Waals surface area contributed by atoms with Crippen LogP contribution < -0.4 is 11.1 Å². The van der Waals surface area contributed by atoms with Crippen molar-refractivity contribution in [2.24, 2.45) is 5.73 Å². The van der Waals surface area contributed by atoms with Gasteiger partial charge in [-0.1, -0.05) is 42.5 Å². The van der Waals surface area contributed by atoms with Crippen LogP contribution in [0.5, 0.6) is 0 Å². The minimum atomic E-state index is -0.682. The number of amides is 1. The lowest BCUT2D eigenvalue weighted by Crippen LogP contribution is -2.12. The molecule has 0 saturated carbocycles. The number of carbonyl (C=O) groups is 2. The lowest BCUT2D eigenvalue weighted by atomic mass is 9.93. The zero-order valence-electron chi connectivity index (χ0n) is 16.3. The van der Waals surface area contributed by atoms with Crippen LogP contribution in [0.15, 0.2) is 60.7 Å². The minimum Gasteiger partial charge on any atom is -0.465 e. The fourth-order valence-electron chi connectivity index (χ4n) is 3.32. The normalized spacial score (nSPS) is 10.3. The molecule has 0 fully saturated rings. The number of methoxy groups -OCH3 is 1. The van der Waals surface area contributed by atoms with Crippen LogP contribution in [0.25, 0.3) is 22.3 Å². The molecule has 3 aromatic carbocycles. The van der Waals surface area contributed by atoms with Crippen molar-refractivity contribution in [3.05, 3.63) is 81.9 Å². The largest absolute Gasteiger partial charge is 0.465 e. The lowest BCUT2D eigenvalue weighted by molar-refractivity contribution is -0.383. The molecule has 0 spiro atoms. The van der Waals surface area contributed by atoms with E-state index in [2.05, 4.69) is 5.32 Å². The zero-order valence-corrected chi connectivity index (χ0v) is 16.3. The molecule has 0 bridgehead atoms. The molecular formula is C22H19N3O5. The average molecular weight is 405 g/mol. The van der Waals surface area contributed by atoms with Crippen LogP contribution >= 0.6 is 0 Å². The van der Waals surface area contributed by atoms with E-state index in [9.17, 15) is 19.7 Å². The molecule has 3 rings (SSSR count). The van der Waals surface area contributed by atoms with Crippen LogP contribution in [0, 0.1) is 10.1 Å². The number of nitrogens with two attached hydrogens (primary N) is 1. The number of nitrogens with one attached hydrogen (secondary N) is 1. The maximum absolute atomic E-state index is 12.3. The average Bonchev–Trinajstić information content (AvgIpc) is 2.77. The smallest absolute Gasteiger partial charge is 0.338 e. The van der Waals surface area contributed by atoms with Gasteiger partial charge in [0.25, 0.3) is 0 Å². The van der Waals surface area contributed by atoms with Gasteiger partial charge in [0.15, 0.2) is 0 Å². The molecule has 8 heteroatoms. The molecule has 0 heterocycles. The maximum Gasteiger partial charge on any atom is 0.338 e. The van der Waals surface area contributed by atoms with Gasteiger partial charge in [-0.15, -0.1) is 0 Å². The number of anilines is 1. The van der Waals surface area contributed by atoms with Crippen molar-refractivity contribution in [1.82, 2.24) is 0 Å². The van der Waals surface area contributed by atoms with E-state index < -0.39 is 16.8 Å². The molecule has 0 aliphatic rings. The molecule has 0 aliphatic heterocycles. The second kappa shape index (κ2) is 8.44. The van der Waals surface area contributed by atoms with E-state index in [0.29, 0.717) is 22.3 Å². The topological polar surface area (TPSA) is 125 Å². The summed E-state index contributed by atoms with van der Waals surface area (Å²) in [5.41, 5.74) is 7.89. The van der Waals surface area contributed by atoms with Gasteiger partial charge in [-0.05, 0) is 34.9 Å². The first-order valence-electron chi connectivity index (χ1n) is 8.96. The third-order valence-corrected chi connectivity index (χ3v) is 4.71. The van der Waals surface area contributed by atoms with E-state index in [1.807, 2.05) is 0 Å². The van der Waals surface area contributed by atoms with Crippen LogP contribution in [-0.2, 0) is 4.74 Å². The molecule has 0 radical (unpaired) electrons. The highest BCUT2D eigenvalue weighted by atomic mass is 16.6. The van der Waals surface area contributed by atoms with Crippen molar-refractivity contribution in [2.45, 2.75) is 0 Å². The number of rotatable bonds is 6. The van der Waals surface area contributed by atoms with Gasteiger partial charge in [-0.3, -0.25) is 14.9 Å². The highest BCUT2D eigenvalue weighted by Gasteiger charge is 2.27. The highest BCUT2D eigenvalue weighted by Crippen LogP contribution is 2.40. The Morgan fingerprint density at radius 1 is 0.967 bits per heavy atom. The fraction of sp³-hybridized carbons (Fsp3) is 0.0909. The Hall–Kier alpha value is -4.20. The van der Waals surface area contributed by atoms with Crippen molar-refractivity contribution >= 4 is 23.3 Å². The van der Waals surface area contributed by atoms with E-state index in [1.54, 1.807) is 55.6 Å². The number of carbonyl (C=O) groups excluding carboxylic acids is 2. The first-order valence-corrected chi connectivity index (χ1v) is 8.96. The molecule has 1 amide bonds. The van der Waals surface area contributed by atoms with Gasteiger partial charge in [0.05, 0.1) is 23.2 Å². The van der Waals surface area contributed by atoms with E-state index in [-0.39, 0.29) is 22.5 Å². The quantitative estimate of drug-likeness (QED) is 0.364. The summed E-state index contributed by atoms with van der Waals surface area (Å²) in [6, 6.07) is 16.6. The summed E-state index contributed by atoms with van der Waals surface area (Å²) in [4.78, 5) is 35.3. The summed E-state index contributed by atoms with van der Waals surface area (Å²) in [6.45, 7) is 0. The number of nitro benzene ring substituents is 1. The van der Waals surface area contributed by atoms with E-state index in [4.69, 9.17) is 10.5 Å². The Bertz CT molecular complexity index is 1140. The standard InChI is InChI=1S/C22H19N3O5/c1-24-18-12-11-17(22(27)30-2)19(20(18)25(28)29)14-9-7-13(8-10-14)15-5-3-4-6-16(15)21(23)26/h3-12,24H,1-2H3,(H2,23,26). The molecule has 30 heavy (non-hydrogen) atoms. The molecule has 0 saturated heterocycles. The van der Waals surface area contributed by atoms with E-state index in [1.165, 1.54) is 19.2 Å². The Labute approximate surface area is 172 Å². The number of hydrogen-bond acceptors (Lipinski definition) is 6. The number of esters is 1. The second-order valence-electron chi connectivity index (χ2n) is 6.37. The van der Waals surface area contributed by atoms with Gasteiger partial charge >= 0.3 is 11.7 Å². The van der Waals surface area contributed by atoms with Crippen molar-refractivity contribution in [3.8, 4) is 22.3 Å². The first-order chi connectivity index (χ1) is 14.4. The molecule has 8 nitrogen and oxygen atoms in total. The molecule has 0 unspecified atom stereocenters. The fourth-order valence-corrected chi connectivity index (χ4v) is 3.32. The van der Waals surface area contributed by atoms with Crippen LogP contribution in [0.1, 0.15) is 20.7 Å². The summed E-state index contributed by atoms with van der Waals surface area (Å²) < 4.78 is 4.81. The molecule has 0 aromatic heterocycles. The van der Waals surface area contributed by atoms with Crippen LogP contribution in [0.3, 0.4) is 0 Å². The van der Waals surface area contributed by atoms with E-state index in [0.717, 1.165) is 0 Å². The number of hydrogen-bond donors (Lipinski definition) is 2. The van der Waals surface area contributed by atoms with Crippen molar-refractivity contribution in [3.63, 3.8) is 0 Å². The summed E-state index contributed by atoms with van der Waals surface area (Å²) in [5.74, 6) is -1.24. The summed E-state index contributed by atoms with van der Waals surface area (Å²) in [6.07, 6.45) is 0. The third-order valence-electron chi connectivity index (χ3n) is 4.71. The maximum atomic E-state index is 12.3. The molecular weight excluding hydrogens is 386 g/mol. The molecule has 0 aliphatic carbocycles. The molecule has 3 aromatic rings. The second-order valence-corrected chi connectivity index (χ2v) is 6.37. The molecule has 0 atom stereocenters. The lowest BCUT2D eigenvalue weighted by Gasteiger charge is -2.13. The SMILES string of the molecule is CNc1ccc(C(=O)OC)c(-c2ccc(-c3ccccc3C(N)=O)cc2)c1[N+](=O)[O-]. The number of benzene rings is 3. The van der Waals surface area contributed by atoms with Crippen LogP contribution in [0.2, 0.25) is 0 Å².